The summed E-state index contributed by atoms with van der Waals surface area (Å²) in [5.74, 6) is -0.192. The lowest BCUT2D eigenvalue weighted by molar-refractivity contribution is -0.119. The van der Waals surface area contributed by atoms with E-state index in [1.807, 2.05) is 30.3 Å². The third-order valence-electron chi connectivity index (χ3n) is 2.90. The van der Waals surface area contributed by atoms with Gasteiger partial charge >= 0.3 is 0 Å². The number of anilines is 1. The normalized spacial score (nSPS) is 10.5. The van der Waals surface area contributed by atoms with Gasteiger partial charge in [-0.25, -0.2) is 5.43 Å². The van der Waals surface area contributed by atoms with Gasteiger partial charge in [0.25, 0.3) is 5.91 Å². The van der Waals surface area contributed by atoms with Crippen LogP contribution < -0.4 is 10.7 Å². The fraction of sp³-hybridized carbons (Fsp3) is 0.188. The molecule has 108 valence electrons. The molecule has 1 aromatic carbocycles. The standard InChI is InChI=1S/C16H18N4O/c1-2-13-4-3-5-15(10-13)18-12-16(21)20-19-11-14-6-8-17-9-7-14/h3-11,18H,2,12H2,1H3,(H,20,21). The topological polar surface area (TPSA) is 66.4 Å². The quantitative estimate of drug-likeness (QED) is 0.630. The van der Waals surface area contributed by atoms with Gasteiger partial charge in [0.05, 0.1) is 12.8 Å². The van der Waals surface area contributed by atoms with Gasteiger partial charge in [-0.1, -0.05) is 19.1 Å². The summed E-state index contributed by atoms with van der Waals surface area (Å²) < 4.78 is 0. The molecule has 0 aliphatic rings. The summed E-state index contributed by atoms with van der Waals surface area (Å²) in [4.78, 5) is 15.6. The van der Waals surface area contributed by atoms with Gasteiger partial charge in [-0.3, -0.25) is 9.78 Å². The first kappa shape index (κ1) is 14.7. The Bertz CT molecular complexity index is 611. The van der Waals surface area contributed by atoms with Crippen LogP contribution in [0.1, 0.15) is 18.1 Å². The minimum Gasteiger partial charge on any atom is -0.376 e. The van der Waals surface area contributed by atoms with Gasteiger partial charge in [-0.15, -0.1) is 0 Å². The summed E-state index contributed by atoms with van der Waals surface area (Å²) in [5.41, 5.74) is 5.53. The molecule has 2 N–H and O–H groups in total. The fourth-order valence-corrected chi connectivity index (χ4v) is 1.75. The number of hydrazone groups is 1. The van der Waals surface area contributed by atoms with Crippen molar-refractivity contribution in [3.63, 3.8) is 0 Å². The molecular formula is C16H18N4O. The van der Waals surface area contributed by atoms with Gasteiger partial charge < -0.3 is 5.32 Å². The summed E-state index contributed by atoms with van der Waals surface area (Å²) in [6, 6.07) is 11.6. The smallest absolute Gasteiger partial charge is 0.259 e. The molecule has 0 saturated carbocycles. The van der Waals surface area contributed by atoms with E-state index in [9.17, 15) is 4.79 Å². The zero-order valence-electron chi connectivity index (χ0n) is 11.9. The Balaban J connectivity index is 1.78. The molecule has 1 amide bonds. The molecule has 0 spiro atoms. The highest BCUT2D eigenvalue weighted by Crippen LogP contribution is 2.10. The van der Waals surface area contributed by atoms with E-state index < -0.39 is 0 Å². The maximum atomic E-state index is 11.7. The molecule has 0 atom stereocenters. The average Bonchev–Trinajstić information content (AvgIpc) is 2.54. The first-order chi connectivity index (χ1) is 10.3. The van der Waals surface area contributed by atoms with Crippen LogP contribution >= 0.6 is 0 Å². The Morgan fingerprint density at radius 3 is 2.86 bits per heavy atom. The molecule has 1 aromatic heterocycles. The van der Waals surface area contributed by atoms with E-state index in [1.54, 1.807) is 18.6 Å². The molecular weight excluding hydrogens is 264 g/mol. The van der Waals surface area contributed by atoms with Crippen molar-refractivity contribution in [1.82, 2.24) is 10.4 Å². The van der Waals surface area contributed by atoms with Crippen molar-refractivity contribution in [1.29, 1.82) is 0 Å². The summed E-state index contributed by atoms with van der Waals surface area (Å²) >= 11 is 0. The van der Waals surface area contributed by atoms with Crippen molar-refractivity contribution in [3.05, 3.63) is 59.9 Å². The first-order valence-electron chi connectivity index (χ1n) is 6.82. The predicted octanol–water partition coefficient (Wildman–Crippen LogP) is 2.21. The lowest BCUT2D eigenvalue weighted by Crippen LogP contribution is -2.25. The highest BCUT2D eigenvalue weighted by molar-refractivity contribution is 5.84. The average molecular weight is 282 g/mol. The number of carbonyl (C=O) groups is 1. The van der Waals surface area contributed by atoms with E-state index in [4.69, 9.17) is 0 Å². The Kier molecular flexibility index (Phi) is 5.46. The monoisotopic (exact) mass is 282 g/mol. The fourth-order valence-electron chi connectivity index (χ4n) is 1.75. The number of benzene rings is 1. The Labute approximate surface area is 124 Å². The van der Waals surface area contributed by atoms with Crippen LogP contribution in [0.3, 0.4) is 0 Å². The molecule has 0 fully saturated rings. The zero-order valence-corrected chi connectivity index (χ0v) is 11.9. The van der Waals surface area contributed by atoms with Gasteiger partial charge in [0.2, 0.25) is 0 Å². The Morgan fingerprint density at radius 2 is 2.10 bits per heavy atom. The highest BCUT2D eigenvalue weighted by Gasteiger charge is 1.99. The van der Waals surface area contributed by atoms with Crippen molar-refractivity contribution in [2.24, 2.45) is 5.10 Å². The van der Waals surface area contributed by atoms with Crippen LogP contribution in [0.25, 0.3) is 0 Å². The largest absolute Gasteiger partial charge is 0.376 e. The number of rotatable bonds is 6. The lowest BCUT2D eigenvalue weighted by Gasteiger charge is -2.06. The van der Waals surface area contributed by atoms with Crippen molar-refractivity contribution < 1.29 is 4.79 Å². The summed E-state index contributed by atoms with van der Waals surface area (Å²) in [7, 11) is 0. The first-order valence-corrected chi connectivity index (χ1v) is 6.82. The zero-order chi connectivity index (χ0) is 14.9. The number of hydrogen-bond donors (Lipinski definition) is 2. The van der Waals surface area contributed by atoms with Crippen molar-refractivity contribution in [3.8, 4) is 0 Å². The van der Waals surface area contributed by atoms with Crippen LogP contribution in [0.2, 0.25) is 0 Å². The van der Waals surface area contributed by atoms with Crippen LogP contribution in [0.4, 0.5) is 5.69 Å². The molecule has 0 aliphatic carbocycles. The molecule has 2 rings (SSSR count). The van der Waals surface area contributed by atoms with Gasteiger partial charge in [0.1, 0.15) is 0 Å². The lowest BCUT2D eigenvalue weighted by atomic mass is 10.1. The van der Waals surface area contributed by atoms with E-state index in [-0.39, 0.29) is 12.5 Å². The molecule has 5 heteroatoms. The summed E-state index contributed by atoms with van der Waals surface area (Å²) in [6.07, 6.45) is 5.89. The van der Waals surface area contributed by atoms with Crippen molar-refractivity contribution >= 4 is 17.8 Å². The molecule has 0 unspecified atom stereocenters. The predicted molar refractivity (Wildman–Crippen MR) is 84.3 cm³/mol. The SMILES string of the molecule is CCc1cccc(NCC(=O)NN=Cc2ccncc2)c1. The van der Waals surface area contributed by atoms with E-state index >= 15 is 0 Å². The second-order valence-electron chi connectivity index (χ2n) is 4.48. The summed E-state index contributed by atoms with van der Waals surface area (Å²) in [5, 5.41) is 6.97. The third-order valence-corrected chi connectivity index (χ3v) is 2.90. The van der Waals surface area contributed by atoms with E-state index in [0.29, 0.717) is 0 Å². The molecule has 1 heterocycles. The number of nitrogens with zero attached hydrogens (tertiary/aromatic N) is 2. The number of aromatic nitrogens is 1. The number of hydrogen-bond acceptors (Lipinski definition) is 4. The van der Waals surface area contributed by atoms with E-state index in [2.05, 4.69) is 33.8 Å². The second kappa shape index (κ2) is 7.79. The van der Waals surface area contributed by atoms with Gasteiger partial charge in [0.15, 0.2) is 0 Å². The number of aryl methyl sites for hydroxylation is 1. The maximum Gasteiger partial charge on any atom is 0.259 e. The van der Waals surface area contributed by atoms with Crippen LogP contribution in [-0.2, 0) is 11.2 Å². The maximum absolute atomic E-state index is 11.7. The number of carbonyl (C=O) groups excluding carboxylic acids is 1. The van der Waals surface area contributed by atoms with Crippen molar-refractivity contribution in [2.45, 2.75) is 13.3 Å². The second-order valence-corrected chi connectivity index (χ2v) is 4.48. The molecule has 21 heavy (non-hydrogen) atoms. The number of amides is 1. The van der Waals surface area contributed by atoms with Gasteiger partial charge in [-0.2, -0.15) is 5.10 Å². The van der Waals surface area contributed by atoms with Crippen LogP contribution in [0.15, 0.2) is 53.9 Å². The number of nitrogens with one attached hydrogen (secondary N) is 2. The molecule has 0 aliphatic heterocycles. The number of pyridine rings is 1. The Hall–Kier alpha value is -2.69. The minimum atomic E-state index is -0.192. The molecule has 0 saturated heterocycles. The van der Waals surface area contributed by atoms with E-state index in [0.717, 1.165) is 17.7 Å². The van der Waals surface area contributed by atoms with E-state index in [1.165, 1.54) is 5.56 Å². The third kappa shape index (κ3) is 5.06. The minimum absolute atomic E-state index is 0.181. The van der Waals surface area contributed by atoms with Gasteiger partial charge in [-0.05, 0) is 41.8 Å². The molecule has 0 bridgehead atoms. The van der Waals surface area contributed by atoms with Gasteiger partial charge in [0, 0.05) is 18.1 Å². The summed E-state index contributed by atoms with van der Waals surface area (Å²) in [6.45, 7) is 2.28. The molecule has 2 aromatic rings. The van der Waals surface area contributed by atoms with Crippen LogP contribution in [0.5, 0.6) is 0 Å². The highest BCUT2D eigenvalue weighted by atomic mass is 16.2. The molecule has 5 nitrogen and oxygen atoms in total. The van der Waals surface area contributed by atoms with Crippen molar-refractivity contribution in [2.75, 3.05) is 11.9 Å². The van der Waals surface area contributed by atoms with Crippen LogP contribution in [0, 0.1) is 0 Å². The molecule has 0 radical (unpaired) electrons. The van der Waals surface area contributed by atoms with Crippen LogP contribution in [-0.4, -0.2) is 23.7 Å². The Morgan fingerprint density at radius 1 is 1.29 bits per heavy atom.